The normalized spacial score (nSPS) is 17.8. The second-order valence-corrected chi connectivity index (χ2v) is 4.81. The molecule has 5 heteroatoms. The summed E-state index contributed by atoms with van der Waals surface area (Å²) in [5, 5.41) is 22.2. The molecule has 0 saturated heterocycles. The van der Waals surface area contributed by atoms with Crippen LogP contribution < -0.4 is 5.32 Å². The van der Waals surface area contributed by atoms with E-state index in [4.69, 9.17) is 0 Å². The van der Waals surface area contributed by atoms with Crippen molar-refractivity contribution in [3.05, 3.63) is 58.7 Å². The molecule has 1 heterocycles. The molecule has 0 saturated carbocycles. The van der Waals surface area contributed by atoms with Gasteiger partial charge in [0.2, 0.25) is 0 Å². The molecule has 3 N–H and O–H groups in total. The predicted molar refractivity (Wildman–Crippen MR) is 69.7 cm³/mol. The van der Waals surface area contributed by atoms with Crippen LogP contribution in [0.4, 0.5) is 8.78 Å². The molecule has 0 fully saturated rings. The Kier molecular flexibility index (Phi) is 3.06. The van der Waals surface area contributed by atoms with Crippen molar-refractivity contribution in [3.63, 3.8) is 0 Å². The van der Waals surface area contributed by atoms with E-state index in [2.05, 4.69) is 5.32 Å². The van der Waals surface area contributed by atoms with Crippen LogP contribution in [0.5, 0.6) is 11.5 Å². The lowest BCUT2D eigenvalue weighted by Crippen LogP contribution is -2.31. The fourth-order valence-electron chi connectivity index (χ4n) is 2.63. The van der Waals surface area contributed by atoms with Gasteiger partial charge in [0.1, 0.15) is 11.6 Å². The molecule has 2 aromatic carbocycles. The van der Waals surface area contributed by atoms with Gasteiger partial charge in [-0.15, -0.1) is 0 Å². The Balaban J connectivity index is 2.17. The van der Waals surface area contributed by atoms with Crippen molar-refractivity contribution in [1.29, 1.82) is 0 Å². The first kappa shape index (κ1) is 12.9. The largest absolute Gasteiger partial charge is 0.504 e. The van der Waals surface area contributed by atoms with E-state index in [0.29, 0.717) is 18.5 Å². The molecule has 1 atom stereocenters. The van der Waals surface area contributed by atoms with Gasteiger partial charge < -0.3 is 15.5 Å². The van der Waals surface area contributed by atoms with E-state index >= 15 is 0 Å². The number of rotatable bonds is 1. The molecule has 0 bridgehead atoms. The Hall–Kier alpha value is -2.14. The predicted octanol–water partition coefficient (Wildman–Crippen LogP) is 2.61. The summed E-state index contributed by atoms with van der Waals surface area (Å²) in [5.74, 6) is -1.79. The zero-order valence-corrected chi connectivity index (χ0v) is 10.5. The van der Waals surface area contributed by atoms with Crippen LogP contribution in [-0.2, 0) is 6.42 Å². The Labute approximate surface area is 114 Å². The highest BCUT2D eigenvalue weighted by Gasteiger charge is 2.27. The molecule has 0 amide bonds. The maximum Gasteiger partial charge on any atom is 0.157 e. The van der Waals surface area contributed by atoms with Gasteiger partial charge in [0.15, 0.2) is 11.5 Å². The summed E-state index contributed by atoms with van der Waals surface area (Å²) in [7, 11) is 0. The zero-order valence-electron chi connectivity index (χ0n) is 10.5. The molecule has 1 aliphatic heterocycles. The molecule has 1 unspecified atom stereocenters. The first-order valence-corrected chi connectivity index (χ1v) is 6.30. The summed E-state index contributed by atoms with van der Waals surface area (Å²) < 4.78 is 27.8. The fourth-order valence-corrected chi connectivity index (χ4v) is 2.63. The van der Waals surface area contributed by atoms with Gasteiger partial charge in [-0.05, 0) is 41.8 Å². The lowest BCUT2D eigenvalue weighted by molar-refractivity contribution is 0.399. The number of benzene rings is 2. The van der Waals surface area contributed by atoms with Gasteiger partial charge in [0.25, 0.3) is 0 Å². The second kappa shape index (κ2) is 4.76. The van der Waals surface area contributed by atoms with Crippen molar-refractivity contribution in [1.82, 2.24) is 5.32 Å². The highest BCUT2D eigenvalue weighted by atomic mass is 19.1. The Bertz CT molecular complexity index is 653. The van der Waals surface area contributed by atoms with Crippen molar-refractivity contribution in [2.24, 2.45) is 0 Å². The number of fused-ring (bicyclic) bond motifs is 1. The van der Waals surface area contributed by atoms with Crippen LogP contribution in [0.2, 0.25) is 0 Å². The van der Waals surface area contributed by atoms with Crippen molar-refractivity contribution >= 4 is 0 Å². The minimum atomic E-state index is -0.675. The van der Waals surface area contributed by atoms with Crippen LogP contribution in [0.1, 0.15) is 22.7 Å². The standard InChI is InChI=1S/C15H13F2NO2/c16-10-2-1-3-11(17)14(10)15-9-7-13(20)12(19)6-8(9)4-5-18-15/h1-3,6-7,15,18-20H,4-5H2. The van der Waals surface area contributed by atoms with E-state index in [1.807, 2.05) is 0 Å². The average Bonchev–Trinajstić information content (AvgIpc) is 2.40. The van der Waals surface area contributed by atoms with Crippen LogP contribution in [-0.4, -0.2) is 16.8 Å². The van der Waals surface area contributed by atoms with Crippen molar-refractivity contribution in [2.45, 2.75) is 12.5 Å². The molecular formula is C15H13F2NO2. The quantitative estimate of drug-likeness (QED) is 0.702. The highest BCUT2D eigenvalue weighted by Crippen LogP contribution is 2.37. The van der Waals surface area contributed by atoms with E-state index in [0.717, 1.165) is 5.56 Å². The van der Waals surface area contributed by atoms with Crippen LogP contribution >= 0.6 is 0 Å². The lowest BCUT2D eigenvalue weighted by atomic mass is 9.89. The van der Waals surface area contributed by atoms with Crippen LogP contribution in [0.3, 0.4) is 0 Å². The Morgan fingerprint density at radius 2 is 1.70 bits per heavy atom. The maximum absolute atomic E-state index is 13.9. The molecule has 0 spiro atoms. The summed E-state index contributed by atoms with van der Waals surface area (Å²) >= 11 is 0. The molecule has 3 rings (SSSR count). The lowest BCUT2D eigenvalue weighted by Gasteiger charge is -2.28. The number of aromatic hydroxyl groups is 2. The Morgan fingerprint density at radius 3 is 2.40 bits per heavy atom. The van der Waals surface area contributed by atoms with E-state index < -0.39 is 17.7 Å². The summed E-state index contributed by atoms with van der Waals surface area (Å²) in [6, 6.07) is 5.84. The summed E-state index contributed by atoms with van der Waals surface area (Å²) in [6.45, 7) is 0.537. The smallest absolute Gasteiger partial charge is 0.157 e. The third-order valence-corrected chi connectivity index (χ3v) is 3.58. The molecule has 0 radical (unpaired) electrons. The molecule has 2 aromatic rings. The minimum absolute atomic E-state index is 0.0708. The van der Waals surface area contributed by atoms with E-state index in [9.17, 15) is 19.0 Å². The van der Waals surface area contributed by atoms with Gasteiger partial charge in [-0.25, -0.2) is 8.78 Å². The number of phenolic OH excluding ortho intramolecular Hbond substituents is 2. The van der Waals surface area contributed by atoms with Crippen molar-refractivity contribution in [3.8, 4) is 11.5 Å². The van der Waals surface area contributed by atoms with Gasteiger partial charge in [-0.1, -0.05) is 6.07 Å². The second-order valence-electron chi connectivity index (χ2n) is 4.81. The average molecular weight is 277 g/mol. The first-order chi connectivity index (χ1) is 9.58. The SMILES string of the molecule is Oc1cc2c(cc1O)C(c1c(F)cccc1F)NCC2. The van der Waals surface area contributed by atoms with Gasteiger partial charge in [-0.2, -0.15) is 0 Å². The van der Waals surface area contributed by atoms with E-state index in [1.54, 1.807) is 0 Å². The van der Waals surface area contributed by atoms with Crippen molar-refractivity contribution < 1.29 is 19.0 Å². The van der Waals surface area contributed by atoms with E-state index in [-0.39, 0.29) is 17.1 Å². The highest BCUT2D eigenvalue weighted by molar-refractivity contribution is 5.50. The molecule has 0 aromatic heterocycles. The van der Waals surface area contributed by atoms with Crippen LogP contribution in [0, 0.1) is 11.6 Å². The third-order valence-electron chi connectivity index (χ3n) is 3.58. The summed E-state index contributed by atoms with van der Waals surface area (Å²) in [5.41, 5.74) is 1.28. The van der Waals surface area contributed by atoms with Crippen LogP contribution in [0.25, 0.3) is 0 Å². The molecule has 0 aliphatic carbocycles. The molecule has 1 aliphatic rings. The monoisotopic (exact) mass is 277 g/mol. The van der Waals surface area contributed by atoms with Gasteiger partial charge in [0.05, 0.1) is 6.04 Å². The van der Waals surface area contributed by atoms with Crippen molar-refractivity contribution in [2.75, 3.05) is 6.54 Å². The third kappa shape index (κ3) is 2.00. The number of hydrogen-bond acceptors (Lipinski definition) is 3. The van der Waals surface area contributed by atoms with Crippen LogP contribution in [0.15, 0.2) is 30.3 Å². The maximum atomic E-state index is 13.9. The summed E-state index contributed by atoms with van der Waals surface area (Å²) in [4.78, 5) is 0. The topological polar surface area (TPSA) is 52.5 Å². The number of hydrogen-bond donors (Lipinski definition) is 3. The molecular weight excluding hydrogens is 264 g/mol. The zero-order chi connectivity index (χ0) is 14.3. The molecule has 20 heavy (non-hydrogen) atoms. The number of halogens is 2. The molecule has 104 valence electrons. The fraction of sp³-hybridized carbons (Fsp3) is 0.200. The number of nitrogens with one attached hydrogen (secondary N) is 1. The summed E-state index contributed by atoms with van der Waals surface area (Å²) in [6.07, 6.45) is 0.621. The first-order valence-electron chi connectivity index (χ1n) is 6.30. The van der Waals surface area contributed by atoms with Gasteiger partial charge in [-0.3, -0.25) is 0 Å². The number of phenols is 2. The Morgan fingerprint density at radius 1 is 1.05 bits per heavy atom. The minimum Gasteiger partial charge on any atom is -0.504 e. The van der Waals surface area contributed by atoms with Gasteiger partial charge >= 0.3 is 0 Å². The molecule has 3 nitrogen and oxygen atoms in total. The van der Waals surface area contributed by atoms with E-state index in [1.165, 1.54) is 30.3 Å². The van der Waals surface area contributed by atoms with Gasteiger partial charge in [0, 0.05) is 12.1 Å².